The third-order valence-corrected chi connectivity index (χ3v) is 3.06. The highest BCUT2D eigenvalue weighted by Crippen LogP contribution is 2.12. The molecule has 2 rings (SSSR count). The van der Waals surface area contributed by atoms with Crippen molar-refractivity contribution in [3.63, 3.8) is 0 Å². The molecule has 1 aromatic heterocycles. The third-order valence-electron chi connectivity index (χ3n) is 3.06. The molecule has 0 fully saturated rings. The van der Waals surface area contributed by atoms with E-state index in [1.165, 1.54) is 4.90 Å². The Bertz CT molecular complexity index is 626. The molecule has 0 saturated heterocycles. The van der Waals surface area contributed by atoms with Crippen molar-refractivity contribution < 1.29 is 9.90 Å². The maximum Gasteiger partial charge on any atom is 0.272 e. The van der Waals surface area contributed by atoms with E-state index in [0.29, 0.717) is 12.2 Å². The molecule has 5 heteroatoms. The van der Waals surface area contributed by atoms with Gasteiger partial charge in [-0.2, -0.15) is 0 Å². The van der Waals surface area contributed by atoms with E-state index in [1.807, 2.05) is 30.3 Å². The van der Waals surface area contributed by atoms with Crippen LogP contribution in [-0.2, 0) is 13.2 Å². The summed E-state index contributed by atoms with van der Waals surface area (Å²) in [7, 11) is 3.40. The summed E-state index contributed by atoms with van der Waals surface area (Å²) in [6.07, 6.45) is 1.61. The molecule has 0 bridgehead atoms. The summed E-state index contributed by atoms with van der Waals surface area (Å²) in [5.74, 6) is -0.124. The number of pyridine rings is 1. The van der Waals surface area contributed by atoms with Crippen LogP contribution in [0.3, 0.4) is 0 Å². The summed E-state index contributed by atoms with van der Waals surface area (Å²) in [4.78, 5) is 17.4. The highest BCUT2D eigenvalue weighted by atomic mass is 16.3. The Morgan fingerprint density at radius 1 is 1.24 bits per heavy atom. The summed E-state index contributed by atoms with van der Waals surface area (Å²) in [5, 5.41) is 12.4. The van der Waals surface area contributed by atoms with Crippen LogP contribution in [0.4, 0.5) is 5.69 Å². The minimum atomic E-state index is -0.124. The van der Waals surface area contributed by atoms with Crippen molar-refractivity contribution in [1.29, 1.82) is 0 Å². The Labute approximate surface area is 124 Å². The summed E-state index contributed by atoms with van der Waals surface area (Å²) in [6.45, 7) is 0.651. The van der Waals surface area contributed by atoms with E-state index in [4.69, 9.17) is 5.11 Å². The van der Waals surface area contributed by atoms with E-state index < -0.39 is 0 Å². The van der Waals surface area contributed by atoms with Gasteiger partial charge in [0.25, 0.3) is 5.91 Å². The number of nitrogens with one attached hydrogen (secondary N) is 1. The fraction of sp³-hybridized carbons (Fsp3) is 0.250. The molecule has 0 aliphatic heterocycles. The Morgan fingerprint density at radius 2 is 2.00 bits per heavy atom. The maximum atomic E-state index is 11.9. The molecule has 5 nitrogen and oxygen atoms in total. The van der Waals surface area contributed by atoms with Crippen molar-refractivity contribution in [1.82, 2.24) is 9.88 Å². The average Bonchev–Trinajstić information content (AvgIpc) is 2.52. The van der Waals surface area contributed by atoms with Gasteiger partial charge < -0.3 is 15.3 Å². The second-order valence-electron chi connectivity index (χ2n) is 4.96. The number of carbonyl (C=O) groups is 1. The van der Waals surface area contributed by atoms with Crippen molar-refractivity contribution >= 4 is 11.6 Å². The molecule has 2 N–H and O–H groups in total. The Balaban J connectivity index is 2.06. The van der Waals surface area contributed by atoms with Gasteiger partial charge in [0.2, 0.25) is 0 Å². The number of carbonyl (C=O) groups excluding carboxylic acids is 1. The van der Waals surface area contributed by atoms with Gasteiger partial charge >= 0.3 is 0 Å². The molecular weight excluding hydrogens is 266 g/mol. The number of anilines is 1. The monoisotopic (exact) mass is 285 g/mol. The third kappa shape index (κ3) is 4.03. The lowest BCUT2D eigenvalue weighted by Crippen LogP contribution is -2.22. The van der Waals surface area contributed by atoms with Crippen LogP contribution < -0.4 is 5.32 Å². The molecule has 0 aliphatic carbocycles. The number of hydrogen-bond donors (Lipinski definition) is 2. The van der Waals surface area contributed by atoms with Crippen LogP contribution in [0.2, 0.25) is 0 Å². The van der Waals surface area contributed by atoms with Gasteiger partial charge in [-0.3, -0.25) is 9.78 Å². The normalized spacial score (nSPS) is 10.2. The summed E-state index contributed by atoms with van der Waals surface area (Å²) < 4.78 is 0. The predicted molar refractivity (Wildman–Crippen MR) is 81.9 cm³/mol. The topological polar surface area (TPSA) is 65.5 Å². The van der Waals surface area contributed by atoms with Gasteiger partial charge in [-0.1, -0.05) is 24.3 Å². The van der Waals surface area contributed by atoms with E-state index in [1.54, 1.807) is 26.4 Å². The maximum absolute atomic E-state index is 11.9. The van der Waals surface area contributed by atoms with Crippen LogP contribution in [0.15, 0.2) is 42.6 Å². The first-order valence-corrected chi connectivity index (χ1v) is 6.70. The van der Waals surface area contributed by atoms with Gasteiger partial charge in [0.15, 0.2) is 0 Å². The number of amides is 1. The molecule has 0 saturated carbocycles. The summed E-state index contributed by atoms with van der Waals surface area (Å²) in [5.41, 5.74) is 3.20. The fourth-order valence-corrected chi connectivity index (χ4v) is 1.93. The van der Waals surface area contributed by atoms with Crippen LogP contribution in [0.25, 0.3) is 0 Å². The zero-order valence-electron chi connectivity index (χ0n) is 12.2. The minimum absolute atomic E-state index is 0.0323. The van der Waals surface area contributed by atoms with Gasteiger partial charge in [-0.05, 0) is 23.3 Å². The lowest BCUT2D eigenvalue weighted by atomic mass is 10.1. The SMILES string of the molecule is CN(C)C(=O)c1cc(NCc2cccc(CO)c2)ccn1. The zero-order chi connectivity index (χ0) is 15.2. The minimum Gasteiger partial charge on any atom is -0.392 e. The molecule has 1 amide bonds. The number of benzene rings is 1. The van der Waals surface area contributed by atoms with Crippen molar-refractivity contribution in [2.24, 2.45) is 0 Å². The van der Waals surface area contributed by atoms with Gasteiger partial charge in [-0.15, -0.1) is 0 Å². The number of nitrogens with zero attached hydrogens (tertiary/aromatic N) is 2. The van der Waals surface area contributed by atoms with Crippen LogP contribution in [-0.4, -0.2) is 35.0 Å². The van der Waals surface area contributed by atoms with Crippen LogP contribution in [0.1, 0.15) is 21.6 Å². The van der Waals surface area contributed by atoms with Crippen LogP contribution >= 0.6 is 0 Å². The van der Waals surface area contributed by atoms with E-state index in [-0.39, 0.29) is 12.5 Å². The van der Waals surface area contributed by atoms with Crippen LogP contribution in [0.5, 0.6) is 0 Å². The van der Waals surface area contributed by atoms with E-state index >= 15 is 0 Å². The molecule has 0 spiro atoms. The summed E-state index contributed by atoms with van der Waals surface area (Å²) in [6, 6.07) is 11.3. The first kappa shape index (κ1) is 15.0. The van der Waals surface area contributed by atoms with Gasteiger partial charge in [-0.25, -0.2) is 0 Å². The standard InChI is InChI=1S/C16H19N3O2/c1-19(2)16(21)15-9-14(6-7-17-15)18-10-12-4-3-5-13(8-12)11-20/h3-9,20H,10-11H2,1-2H3,(H,17,18). The van der Waals surface area contributed by atoms with Crippen molar-refractivity contribution in [2.75, 3.05) is 19.4 Å². The smallest absolute Gasteiger partial charge is 0.272 e. The van der Waals surface area contributed by atoms with Crippen molar-refractivity contribution in [2.45, 2.75) is 13.2 Å². The number of aliphatic hydroxyl groups is 1. The molecule has 1 heterocycles. The Hall–Kier alpha value is -2.40. The van der Waals surface area contributed by atoms with Gasteiger partial charge in [0.1, 0.15) is 5.69 Å². The second-order valence-corrected chi connectivity index (χ2v) is 4.96. The molecule has 0 aliphatic rings. The molecule has 0 atom stereocenters. The van der Waals surface area contributed by atoms with Gasteiger partial charge in [0, 0.05) is 32.5 Å². The van der Waals surface area contributed by atoms with Crippen molar-refractivity contribution in [3.8, 4) is 0 Å². The number of hydrogen-bond acceptors (Lipinski definition) is 4. The number of aromatic nitrogens is 1. The largest absolute Gasteiger partial charge is 0.392 e. The van der Waals surface area contributed by atoms with Gasteiger partial charge in [0.05, 0.1) is 6.61 Å². The molecule has 21 heavy (non-hydrogen) atoms. The van der Waals surface area contributed by atoms with E-state index in [0.717, 1.165) is 16.8 Å². The molecule has 2 aromatic rings. The molecule has 0 unspecified atom stereocenters. The van der Waals surface area contributed by atoms with Crippen LogP contribution in [0, 0.1) is 0 Å². The quantitative estimate of drug-likeness (QED) is 0.880. The molecule has 0 radical (unpaired) electrons. The molecule has 110 valence electrons. The predicted octanol–water partition coefficient (Wildman–Crippen LogP) is 1.89. The zero-order valence-corrected chi connectivity index (χ0v) is 12.2. The van der Waals surface area contributed by atoms with E-state index in [2.05, 4.69) is 10.3 Å². The first-order valence-electron chi connectivity index (χ1n) is 6.70. The highest BCUT2D eigenvalue weighted by Gasteiger charge is 2.09. The highest BCUT2D eigenvalue weighted by molar-refractivity contribution is 5.92. The molecule has 1 aromatic carbocycles. The summed E-state index contributed by atoms with van der Waals surface area (Å²) >= 11 is 0. The average molecular weight is 285 g/mol. The lowest BCUT2D eigenvalue weighted by Gasteiger charge is -2.11. The fourth-order valence-electron chi connectivity index (χ4n) is 1.93. The molecular formula is C16H19N3O2. The van der Waals surface area contributed by atoms with E-state index in [9.17, 15) is 4.79 Å². The number of rotatable bonds is 5. The number of aliphatic hydroxyl groups excluding tert-OH is 1. The Morgan fingerprint density at radius 3 is 2.71 bits per heavy atom. The second kappa shape index (κ2) is 6.85. The van der Waals surface area contributed by atoms with Crippen molar-refractivity contribution in [3.05, 3.63) is 59.4 Å². The lowest BCUT2D eigenvalue weighted by molar-refractivity contribution is 0.0822. The first-order chi connectivity index (χ1) is 10.1. The Kier molecular flexibility index (Phi) is 4.90.